The Bertz CT molecular complexity index is 849. The zero-order valence-corrected chi connectivity index (χ0v) is 17.8. The molecule has 1 saturated carbocycles. The molecule has 1 amide bonds. The van der Waals surface area contributed by atoms with Crippen molar-refractivity contribution in [3.05, 3.63) is 59.7 Å². The molecule has 0 bridgehead atoms. The third-order valence-corrected chi connectivity index (χ3v) is 7.17. The highest BCUT2D eigenvalue weighted by atomic mass is 35.5. The maximum absolute atomic E-state index is 13.7. The lowest BCUT2D eigenvalue weighted by atomic mass is 9.68. The number of amides is 1. The van der Waals surface area contributed by atoms with E-state index in [0.717, 1.165) is 31.2 Å². The molecule has 0 radical (unpaired) electrons. The molecule has 4 nitrogen and oxygen atoms in total. The average Bonchev–Trinajstić information content (AvgIpc) is 2.77. The van der Waals surface area contributed by atoms with E-state index < -0.39 is 0 Å². The second-order valence-electron chi connectivity index (χ2n) is 8.09. The number of methoxy groups -OCH3 is 2. The number of carbonyl (C=O) groups is 1. The molecule has 154 valence electrons. The minimum Gasteiger partial charge on any atom is -0.497 e. The Kier molecular flexibility index (Phi) is 5.73. The molecule has 1 aliphatic heterocycles. The highest BCUT2D eigenvalue weighted by Gasteiger charge is 2.50. The summed E-state index contributed by atoms with van der Waals surface area (Å²) in [6, 6.07) is 15.7. The van der Waals surface area contributed by atoms with Crippen molar-refractivity contribution in [1.82, 2.24) is 4.90 Å². The zero-order valence-electron chi connectivity index (χ0n) is 17.1. The molecule has 1 aliphatic carbocycles. The number of benzene rings is 2. The van der Waals surface area contributed by atoms with Crippen molar-refractivity contribution in [2.75, 3.05) is 20.8 Å². The van der Waals surface area contributed by atoms with E-state index in [1.54, 1.807) is 32.4 Å². The molecular weight excluding hydrogens is 386 g/mol. The molecule has 1 heterocycles. The van der Waals surface area contributed by atoms with Crippen LogP contribution in [0.3, 0.4) is 0 Å². The van der Waals surface area contributed by atoms with Crippen LogP contribution in [0.4, 0.5) is 0 Å². The smallest absolute Gasteiger partial charge is 0.254 e. The first-order chi connectivity index (χ1) is 14.1. The molecule has 0 aromatic heterocycles. The molecule has 5 heteroatoms. The van der Waals surface area contributed by atoms with Crippen molar-refractivity contribution in [3.8, 4) is 11.5 Å². The molecule has 2 aromatic carbocycles. The monoisotopic (exact) mass is 413 g/mol. The van der Waals surface area contributed by atoms with E-state index in [-0.39, 0.29) is 22.7 Å². The van der Waals surface area contributed by atoms with Crippen LogP contribution in [-0.4, -0.2) is 36.4 Å². The van der Waals surface area contributed by atoms with Crippen molar-refractivity contribution >= 4 is 17.5 Å². The summed E-state index contributed by atoms with van der Waals surface area (Å²) in [6.45, 7) is 0.651. The van der Waals surface area contributed by atoms with E-state index in [0.29, 0.717) is 23.6 Å². The molecule has 2 aromatic rings. The van der Waals surface area contributed by atoms with Gasteiger partial charge < -0.3 is 14.4 Å². The van der Waals surface area contributed by atoms with E-state index in [1.807, 2.05) is 23.1 Å². The molecule has 2 aliphatic rings. The van der Waals surface area contributed by atoms with Gasteiger partial charge in [-0.05, 0) is 37.0 Å². The SMILES string of the molecule is COc1cc(OC)cc(C(=O)N2CC[C@@]3(Cl)CCCC[C@@H]3[C@@H]2c2ccccc2)c1. The molecule has 3 atom stereocenters. The molecule has 0 spiro atoms. The van der Waals surface area contributed by atoms with Crippen LogP contribution < -0.4 is 9.47 Å². The zero-order chi connectivity index (χ0) is 20.4. The van der Waals surface area contributed by atoms with Gasteiger partial charge in [-0.25, -0.2) is 0 Å². The van der Waals surface area contributed by atoms with Crippen LogP contribution in [0, 0.1) is 5.92 Å². The van der Waals surface area contributed by atoms with Gasteiger partial charge in [0, 0.05) is 24.1 Å². The number of piperidine rings is 1. The van der Waals surface area contributed by atoms with Crippen LogP contribution in [0.5, 0.6) is 11.5 Å². The molecular formula is C24H28ClNO3. The van der Waals surface area contributed by atoms with E-state index in [9.17, 15) is 4.79 Å². The van der Waals surface area contributed by atoms with Crippen LogP contribution in [0.2, 0.25) is 0 Å². The highest BCUT2D eigenvalue weighted by Crippen LogP contribution is 2.53. The van der Waals surface area contributed by atoms with Crippen LogP contribution in [0.15, 0.2) is 48.5 Å². The van der Waals surface area contributed by atoms with Gasteiger partial charge in [0.1, 0.15) is 11.5 Å². The van der Waals surface area contributed by atoms with Gasteiger partial charge in [0.05, 0.1) is 25.1 Å². The number of likely N-dealkylation sites (tertiary alicyclic amines) is 1. The minimum atomic E-state index is -0.221. The largest absolute Gasteiger partial charge is 0.497 e. The number of alkyl halides is 1. The van der Waals surface area contributed by atoms with Crippen molar-refractivity contribution in [3.63, 3.8) is 0 Å². The third-order valence-electron chi connectivity index (χ3n) is 6.51. The standard InChI is InChI=1S/C24H28ClNO3/c1-28-19-14-18(15-20(16-19)29-2)23(27)26-13-12-24(25)11-7-6-10-21(24)22(26)17-8-4-3-5-9-17/h3-5,8-9,14-16,21-22H,6-7,10-13H2,1-2H3/t21-,22+,24+/m1/s1. The number of hydrogen-bond acceptors (Lipinski definition) is 3. The van der Waals surface area contributed by atoms with Crippen molar-refractivity contribution in [2.24, 2.45) is 5.92 Å². The lowest BCUT2D eigenvalue weighted by Crippen LogP contribution is -2.53. The Morgan fingerprint density at radius 3 is 2.38 bits per heavy atom. The van der Waals surface area contributed by atoms with Gasteiger partial charge >= 0.3 is 0 Å². The van der Waals surface area contributed by atoms with Crippen LogP contribution in [0.25, 0.3) is 0 Å². The lowest BCUT2D eigenvalue weighted by Gasteiger charge is -2.52. The summed E-state index contributed by atoms with van der Waals surface area (Å²) in [6.07, 6.45) is 5.24. The fourth-order valence-electron chi connectivity index (χ4n) is 5.03. The number of ether oxygens (including phenoxy) is 2. The fourth-order valence-corrected chi connectivity index (χ4v) is 5.47. The first-order valence-corrected chi connectivity index (χ1v) is 10.7. The van der Waals surface area contributed by atoms with Crippen molar-refractivity contribution < 1.29 is 14.3 Å². The number of rotatable bonds is 4. The summed E-state index contributed by atoms with van der Waals surface area (Å²) >= 11 is 7.15. The predicted molar refractivity (Wildman–Crippen MR) is 115 cm³/mol. The van der Waals surface area contributed by atoms with Crippen LogP contribution in [0.1, 0.15) is 54.1 Å². The van der Waals surface area contributed by atoms with Gasteiger partial charge in [0.15, 0.2) is 0 Å². The number of halogens is 1. The quantitative estimate of drug-likeness (QED) is 0.625. The third kappa shape index (κ3) is 3.83. The Hall–Kier alpha value is -2.20. The Labute approximate surface area is 177 Å². The Morgan fingerprint density at radius 2 is 1.72 bits per heavy atom. The Morgan fingerprint density at radius 1 is 1.03 bits per heavy atom. The predicted octanol–water partition coefficient (Wildman–Crippen LogP) is 5.46. The summed E-state index contributed by atoms with van der Waals surface area (Å²) in [5.41, 5.74) is 1.74. The molecule has 0 N–H and O–H groups in total. The lowest BCUT2D eigenvalue weighted by molar-refractivity contribution is 0.0279. The Balaban J connectivity index is 1.74. The maximum atomic E-state index is 13.7. The van der Waals surface area contributed by atoms with Crippen LogP contribution >= 0.6 is 11.6 Å². The number of hydrogen-bond donors (Lipinski definition) is 0. The van der Waals surface area contributed by atoms with Gasteiger partial charge in [-0.3, -0.25) is 4.79 Å². The summed E-state index contributed by atoms with van der Waals surface area (Å²) < 4.78 is 10.8. The first-order valence-electron chi connectivity index (χ1n) is 10.3. The van der Waals surface area contributed by atoms with Crippen LogP contribution in [-0.2, 0) is 0 Å². The van der Waals surface area contributed by atoms with Crippen molar-refractivity contribution in [2.45, 2.75) is 43.0 Å². The first kappa shape index (κ1) is 20.1. The van der Waals surface area contributed by atoms with Gasteiger partial charge in [0.25, 0.3) is 5.91 Å². The van der Waals surface area contributed by atoms with Gasteiger partial charge in [0.2, 0.25) is 0 Å². The van der Waals surface area contributed by atoms with E-state index in [1.165, 1.54) is 6.42 Å². The van der Waals surface area contributed by atoms with Gasteiger partial charge in [-0.2, -0.15) is 0 Å². The van der Waals surface area contributed by atoms with E-state index in [4.69, 9.17) is 21.1 Å². The molecule has 2 fully saturated rings. The summed E-state index contributed by atoms with van der Waals surface area (Å²) in [7, 11) is 3.20. The van der Waals surface area contributed by atoms with Gasteiger partial charge in [-0.1, -0.05) is 43.2 Å². The highest BCUT2D eigenvalue weighted by molar-refractivity contribution is 6.24. The molecule has 29 heavy (non-hydrogen) atoms. The molecule has 0 unspecified atom stereocenters. The number of nitrogens with zero attached hydrogens (tertiary/aromatic N) is 1. The maximum Gasteiger partial charge on any atom is 0.254 e. The fraction of sp³-hybridized carbons (Fsp3) is 0.458. The average molecular weight is 414 g/mol. The number of fused-ring (bicyclic) bond motifs is 1. The van der Waals surface area contributed by atoms with E-state index >= 15 is 0 Å². The topological polar surface area (TPSA) is 38.8 Å². The molecule has 4 rings (SSSR count). The van der Waals surface area contributed by atoms with Crippen molar-refractivity contribution in [1.29, 1.82) is 0 Å². The molecule has 1 saturated heterocycles. The minimum absolute atomic E-state index is 0.000318. The normalized spacial score (nSPS) is 26.5. The summed E-state index contributed by atoms with van der Waals surface area (Å²) in [4.78, 5) is 15.5. The summed E-state index contributed by atoms with van der Waals surface area (Å²) in [5.74, 6) is 1.49. The summed E-state index contributed by atoms with van der Waals surface area (Å²) in [5, 5.41) is 0. The van der Waals surface area contributed by atoms with E-state index in [2.05, 4.69) is 12.1 Å². The second kappa shape index (κ2) is 8.27. The number of carbonyl (C=O) groups excluding carboxylic acids is 1. The van der Waals surface area contributed by atoms with Gasteiger partial charge in [-0.15, -0.1) is 11.6 Å². The second-order valence-corrected chi connectivity index (χ2v) is 8.85.